The van der Waals surface area contributed by atoms with Crippen molar-refractivity contribution < 1.29 is 9.59 Å². The van der Waals surface area contributed by atoms with Crippen LogP contribution in [0.4, 0.5) is 0 Å². The quantitative estimate of drug-likeness (QED) is 0.610. The predicted octanol–water partition coefficient (Wildman–Crippen LogP) is 2.67. The van der Waals surface area contributed by atoms with Crippen molar-refractivity contribution in [3.63, 3.8) is 0 Å². The van der Waals surface area contributed by atoms with Crippen LogP contribution in [-0.4, -0.2) is 11.6 Å². The Morgan fingerprint density at radius 1 is 1.27 bits per heavy atom. The summed E-state index contributed by atoms with van der Waals surface area (Å²) in [5.74, 6) is 0.980. The highest BCUT2D eigenvalue weighted by molar-refractivity contribution is 6.01. The van der Waals surface area contributed by atoms with Gasteiger partial charge in [0.15, 0.2) is 5.78 Å². The second-order valence-corrected chi connectivity index (χ2v) is 5.30. The lowest BCUT2D eigenvalue weighted by Gasteiger charge is -2.41. The minimum atomic E-state index is -0.315. The molecule has 2 rings (SSSR count). The lowest BCUT2D eigenvalue weighted by atomic mass is 9.61. The van der Waals surface area contributed by atoms with Crippen LogP contribution in [0.2, 0.25) is 0 Å². The van der Waals surface area contributed by atoms with Gasteiger partial charge in [-0.1, -0.05) is 12.5 Å². The number of ketones is 2. The third-order valence-electron chi connectivity index (χ3n) is 4.09. The smallest absolute Gasteiger partial charge is 0.158 e. The van der Waals surface area contributed by atoms with Crippen LogP contribution >= 0.6 is 0 Å². The summed E-state index contributed by atoms with van der Waals surface area (Å²) in [6.07, 6.45) is 2.89. The second-order valence-electron chi connectivity index (χ2n) is 5.30. The average Bonchev–Trinajstić information content (AvgIpc) is 2.17. The molecule has 0 aliphatic heterocycles. The molecule has 0 N–H and O–H groups in total. The molecule has 82 valence electrons. The van der Waals surface area contributed by atoms with Crippen LogP contribution in [-0.2, 0) is 9.59 Å². The topological polar surface area (TPSA) is 34.1 Å². The fraction of sp³-hybridized carbons (Fsp3) is 0.692. The molecule has 2 aliphatic carbocycles. The van der Waals surface area contributed by atoms with Crippen LogP contribution < -0.4 is 0 Å². The molecule has 0 amide bonds. The van der Waals surface area contributed by atoms with E-state index in [0.29, 0.717) is 24.5 Å². The number of Topliss-reactive ketones (excluding diaryl/α,β-unsaturated/α-hetero) is 2. The number of allylic oxidation sites excluding steroid dienone is 2. The van der Waals surface area contributed by atoms with Gasteiger partial charge < -0.3 is 0 Å². The molecule has 2 aliphatic rings. The molecule has 2 heteroatoms. The summed E-state index contributed by atoms with van der Waals surface area (Å²) in [6.45, 7) is 6.00. The molecule has 0 saturated heterocycles. The third-order valence-corrected chi connectivity index (χ3v) is 4.09. The Labute approximate surface area is 90.7 Å². The number of rotatable bonds is 0. The van der Waals surface area contributed by atoms with Crippen molar-refractivity contribution in [2.24, 2.45) is 11.3 Å². The molecule has 0 radical (unpaired) electrons. The van der Waals surface area contributed by atoms with Gasteiger partial charge in [-0.05, 0) is 38.2 Å². The fourth-order valence-corrected chi connectivity index (χ4v) is 2.93. The molecular formula is C13H18O2. The minimum absolute atomic E-state index is 0.240. The molecule has 15 heavy (non-hydrogen) atoms. The SMILES string of the molecule is CC1=C2C[C@H](C)CC(=O)[C@@]2(C)CCC1=O. The van der Waals surface area contributed by atoms with E-state index in [1.165, 1.54) is 0 Å². The van der Waals surface area contributed by atoms with E-state index in [4.69, 9.17) is 0 Å². The Bertz CT molecular complexity index is 365. The van der Waals surface area contributed by atoms with E-state index < -0.39 is 0 Å². The fourth-order valence-electron chi connectivity index (χ4n) is 2.93. The van der Waals surface area contributed by atoms with Crippen molar-refractivity contribution >= 4 is 11.6 Å². The molecule has 0 heterocycles. The number of fused-ring (bicyclic) bond motifs is 1. The van der Waals surface area contributed by atoms with Crippen LogP contribution in [0.15, 0.2) is 11.1 Å². The van der Waals surface area contributed by atoms with Crippen molar-refractivity contribution in [3.05, 3.63) is 11.1 Å². The summed E-state index contributed by atoms with van der Waals surface area (Å²) in [4.78, 5) is 23.7. The summed E-state index contributed by atoms with van der Waals surface area (Å²) in [7, 11) is 0. The molecule has 2 nitrogen and oxygen atoms in total. The molecule has 0 bridgehead atoms. The van der Waals surface area contributed by atoms with E-state index in [0.717, 1.165) is 24.0 Å². The van der Waals surface area contributed by atoms with Crippen LogP contribution in [0.1, 0.15) is 46.5 Å². The Morgan fingerprint density at radius 3 is 2.60 bits per heavy atom. The van der Waals surface area contributed by atoms with Gasteiger partial charge in [-0.2, -0.15) is 0 Å². The molecular weight excluding hydrogens is 188 g/mol. The Kier molecular flexibility index (Phi) is 2.32. The highest BCUT2D eigenvalue weighted by Gasteiger charge is 2.45. The maximum atomic E-state index is 12.1. The summed E-state index contributed by atoms with van der Waals surface area (Å²) < 4.78 is 0. The first-order chi connectivity index (χ1) is 6.95. The van der Waals surface area contributed by atoms with Crippen molar-refractivity contribution in [1.82, 2.24) is 0 Å². The normalized spacial score (nSPS) is 36.9. The molecule has 1 saturated carbocycles. The summed E-state index contributed by atoms with van der Waals surface area (Å²) in [5, 5.41) is 0. The summed E-state index contributed by atoms with van der Waals surface area (Å²) >= 11 is 0. The Hall–Kier alpha value is -0.920. The molecule has 0 unspecified atom stereocenters. The average molecular weight is 206 g/mol. The number of hydrogen-bond acceptors (Lipinski definition) is 2. The van der Waals surface area contributed by atoms with E-state index in [9.17, 15) is 9.59 Å². The van der Waals surface area contributed by atoms with Gasteiger partial charge in [0.1, 0.15) is 5.78 Å². The lowest BCUT2D eigenvalue weighted by molar-refractivity contribution is -0.130. The third kappa shape index (κ3) is 1.47. The molecule has 0 spiro atoms. The molecule has 2 atom stereocenters. The lowest BCUT2D eigenvalue weighted by Crippen LogP contribution is -2.40. The summed E-state index contributed by atoms with van der Waals surface area (Å²) in [6, 6.07) is 0. The zero-order valence-corrected chi connectivity index (χ0v) is 9.72. The number of hydrogen-bond donors (Lipinski definition) is 0. The molecule has 0 aromatic heterocycles. The first kappa shape index (κ1) is 10.6. The zero-order chi connectivity index (χ0) is 11.2. The molecule has 1 fully saturated rings. The van der Waals surface area contributed by atoms with Crippen LogP contribution in [0, 0.1) is 11.3 Å². The first-order valence-electron chi connectivity index (χ1n) is 5.72. The van der Waals surface area contributed by atoms with E-state index >= 15 is 0 Å². The highest BCUT2D eigenvalue weighted by atomic mass is 16.1. The monoisotopic (exact) mass is 206 g/mol. The summed E-state index contributed by atoms with van der Waals surface area (Å²) in [5.41, 5.74) is 1.68. The number of carbonyl (C=O) groups excluding carboxylic acids is 2. The standard InChI is InChI=1S/C13H18O2/c1-8-6-10-9(2)11(14)4-5-13(10,3)12(15)7-8/h8H,4-7H2,1-3H3/t8-,13-/m0/s1. The van der Waals surface area contributed by atoms with Gasteiger partial charge in [0, 0.05) is 18.3 Å². The van der Waals surface area contributed by atoms with Crippen molar-refractivity contribution in [3.8, 4) is 0 Å². The maximum Gasteiger partial charge on any atom is 0.158 e. The van der Waals surface area contributed by atoms with E-state index in [2.05, 4.69) is 6.92 Å². The van der Waals surface area contributed by atoms with Gasteiger partial charge in [-0.3, -0.25) is 9.59 Å². The van der Waals surface area contributed by atoms with Crippen molar-refractivity contribution in [1.29, 1.82) is 0 Å². The Morgan fingerprint density at radius 2 is 1.93 bits per heavy atom. The highest BCUT2D eigenvalue weighted by Crippen LogP contribution is 2.47. The second kappa shape index (κ2) is 3.29. The van der Waals surface area contributed by atoms with E-state index in [1.54, 1.807) is 0 Å². The van der Waals surface area contributed by atoms with Gasteiger partial charge in [0.05, 0.1) is 0 Å². The molecule has 0 aromatic carbocycles. The largest absolute Gasteiger partial charge is 0.299 e. The van der Waals surface area contributed by atoms with Crippen molar-refractivity contribution in [2.75, 3.05) is 0 Å². The van der Waals surface area contributed by atoms with Gasteiger partial charge in [-0.15, -0.1) is 0 Å². The molecule has 0 aromatic rings. The Balaban J connectivity index is 2.50. The van der Waals surface area contributed by atoms with Crippen LogP contribution in [0.3, 0.4) is 0 Å². The maximum absolute atomic E-state index is 12.1. The number of carbonyl (C=O) groups is 2. The predicted molar refractivity (Wildman–Crippen MR) is 58.5 cm³/mol. The van der Waals surface area contributed by atoms with Gasteiger partial charge in [0.2, 0.25) is 0 Å². The zero-order valence-electron chi connectivity index (χ0n) is 9.72. The van der Waals surface area contributed by atoms with E-state index in [-0.39, 0.29) is 11.2 Å². The van der Waals surface area contributed by atoms with Crippen LogP contribution in [0.5, 0.6) is 0 Å². The van der Waals surface area contributed by atoms with E-state index in [1.807, 2.05) is 13.8 Å². The van der Waals surface area contributed by atoms with Gasteiger partial charge in [0.25, 0.3) is 0 Å². The minimum Gasteiger partial charge on any atom is -0.299 e. The van der Waals surface area contributed by atoms with Gasteiger partial charge in [-0.25, -0.2) is 0 Å². The van der Waals surface area contributed by atoms with Gasteiger partial charge >= 0.3 is 0 Å². The van der Waals surface area contributed by atoms with Crippen molar-refractivity contribution in [2.45, 2.75) is 46.5 Å². The van der Waals surface area contributed by atoms with Crippen LogP contribution in [0.25, 0.3) is 0 Å². The first-order valence-corrected chi connectivity index (χ1v) is 5.72.